The van der Waals surface area contributed by atoms with Crippen LogP contribution in [-0.4, -0.2) is 37.4 Å². The van der Waals surface area contributed by atoms with Gasteiger partial charge in [-0.1, -0.05) is 29.5 Å². The van der Waals surface area contributed by atoms with Crippen LogP contribution in [0.2, 0.25) is 0 Å². The Balaban J connectivity index is 1.63. The average Bonchev–Trinajstić information content (AvgIpc) is 3.11. The van der Waals surface area contributed by atoms with E-state index in [1.54, 1.807) is 12.1 Å². The summed E-state index contributed by atoms with van der Waals surface area (Å²) in [7, 11) is 0. The van der Waals surface area contributed by atoms with Crippen molar-refractivity contribution in [2.45, 2.75) is 18.7 Å². The Bertz CT molecular complexity index is 988. The van der Waals surface area contributed by atoms with Gasteiger partial charge >= 0.3 is 0 Å². The molecule has 4 rings (SSSR count). The van der Waals surface area contributed by atoms with E-state index >= 15 is 0 Å². The van der Waals surface area contributed by atoms with E-state index in [1.807, 2.05) is 31.2 Å². The minimum Gasteiger partial charge on any atom is -0.486 e. The molecule has 1 aliphatic heterocycles. The van der Waals surface area contributed by atoms with E-state index in [4.69, 9.17) is 4.74 Å². The van der Waals surface area contributed by atoms with Crippen LogP contribution in [0.15, 0.2) is 53.9 Å². The SMILES string of the molecule is Cc1ccc(OCc2nnc3n2N(C(=O)c2ccncc2)C(=O)CS3)cc1. The normalized spacial score (nSPS) is 13.4. The second kappa shape index (κ2) is 7.20. The van der Waals surface area contributed by atoms with Gasteiger partial charge in [0.15, 0.2) is 5.82 Å². The molecule has 8 nitrogen and oxygen atoms in total. The molecule has 0 saturated heterocycles. The van der Waals surface area contributed by atoms with Crippen molar-refractivity contribution in [2.75, 3.05) is 10.8 Å². The van der Waals surface area contributed by atoms with Crippen molar-refractivity contribution in [3.05, 3.63) is 65.7 Å². The van der Waals surface area contributed by atoms with Gasteiger partial charge in [0.05, 0.1) is 5.75 Å². The Morgan fingerprint density at radius 1 is 1.15 bits per heavy atom. The Morgan fingerprint density at radius 2 is 1.89 bits per heavy atom. The third-order valence-corrected chi connectivity index (χ3v) is 4.85. The molecule has 9 heteroatoms. The summed E-state index contributed by atoms with van der Waals surface area (Å²) in [6.45, 7) is 2.06. The number of ether oxygens (including phenoxy) is 1. The molecule has 0 saturated carbocycles. The minimum atomic E-state index is -0.458. The second-order valence-corrected chi connectivity index (χ2v) is 6.79. The zero-order valence-corrected chi connectivity index (χ0v) is 15.2. The fourth-order valence-corrected chi connectivity index (χ4v) is 3.36. The first-order valence-corrected chi connectivity index (χ1v) is 9.16. The molecular formula is C18H15N5O3S. The van der Waals surface area contributed by atoms with E-state index in [0.29, 0.717) is 22.3 Å². The maximum Gasteiger partial charge on any atom is 0.280 e. The van der Waals surface area contributed by atoms with Crippen LogP contribution in [0, 0.1) is 6.92 Å². The molecule has 2 amide bonds. The number of carbonyl (C=O) groups is 2. The lowest BCUT2D eigenvalue weighted by atomic mass is 10.2. The predicted octanol–water partition coefficient (Wildman–Crippen LogP) is 1.97. The molecule has 27 heavy (non-hydrogen) atoms. The van der Waals surface area contributed by atoms with Crippen LogP contribution < -0.4 is 9.75 Å². The first-order chi connectivity index (χ1) is 13.1. The maximum atomic E-state index is 12.9. The van der Waals surface area contributed by atoms with Gasteiger partial charge in [0.2, 0.25) is 5.16 Å². The molecule has 0 aliphatic carbocycles. The third kappa shape index (κ3) is 3.41. The van der Waals surface area contributed by atoms with E-state index in [1.165, 1.54) is 28.8 Å². The topological polar surface area (TPSA) is 90.2 Å². The molecule has 136 valence electrons. The van der Waals surface area contributed by atoms with Gasteiger partial charge in [-0.05, 0) is 31.2 Å². The largest absolute Gasteiger partial charge is 0.486 e. The summed E-state index contributed by atoms with van der Waals surface area (Å²) in [5.74, 6) is 0.354. The molecule has 3 heterocycles. The van der Waals surface area contributed by atoms with E-state index < -0.39 is 5.91 Å². The number of benzene rings is 1. The van der Waals surface area contributed by atoms with Gasteiger partial charge in [-0.25, -0.2) is 0 Å². The quantitative estimate of drug-likeness (QED) is 0.638. The summed E-state index contributed by atoms with van der Waals surface area (Å²) < 4.78 is 7.17. The number of aromatic nitrogens is 4. The highest BCUT2D eigenvalue weighted by molar-refractivity contribution is 7.99. The van der Waals surface area contributed by atoms with Crippen LogP contribution in [0.1, 0.15) is 21.7 Å². The van der Waals surface area contributed by atoms with Crippen molar-refractivity contribution in [3.8, 4) is 5.75 Å². The number of pyridine rings is 1. The van der Waals surface area contributed by atoms with Gasteiger partial charge < -0.3 is 4.74 Å². The van der Waals surface area contributed by atoms with E-state index in [2.05, 4.69) is 15.2 Å². The summed E-state index contributed by atoms with van der Waals surface area (Å²) in [6.07, 6.45) is 3.01. The van der Waals surface area contributed by atoms with E-state index in [9.17, 15) is 9.59 Å². The Morgan fingerprint density at radius 3 is 2.63 bits per heavy atom. The molecule has 0 unspecified atom stereocenters. The van der Waals surface area contributed by atoms with Crippen LogP contribution in [0.25, 0.3) is 0 Å². The number of carbonyl (C=O) groups excluding carboxylic acids is 2. The molecule has 1 aromatic carbocycles. The summed E-state index contributed by atoms with van der Waals surface area (Å²) in [6, 6.07) is 10.7. The smallest absolute Gasteiger partial charge is 0.280 e. The Hall–Kier alpha value is -3.20. The van der Waals surface area contributed by atoms with Crippen LogP contribution in [0.5, 0.6) is 5.75 Å². The monoisotopic (exact) mass is 381 g/mol. The number of aryl methyl sites for hydroxylation is 1. The number of fused-ring (bicyclic) bond motifs is 1. The first kappa shape index (κ1) is 17.2. The molecule has 0 fully saturated rings. The van der Waals surface area contributed by atoms with Crippen LogP contribution in [0.4, 0.5) is 0 Å². The molecule has 2 aromatic heterocycles. The van der Waals surface area contributed by atoms with E-state index in [-0.39, 0.29) is 18.3 Å². The Kier molecular flexibility index (Phi) is 4.59. The van der Waals surface area contributed by atoms with Gasteiger partial charge in [0.25, 0.3) is 11.8 Å². The highest BCUT2D eigenvalue weighted by Crippen LogP contribution is 2.25. The maximum absolute atomic E-state index is 12.9. The molecule has 0 atom stereocenters. The molecule has 0 radical (unpaired) electrons. The highest BCUT2D eigenvalue weighted by Gasteiger charge is 2.34. The van der Waals surface area contributed by atoms with Crippen molar-refractivity contribution < 1.29 is 14.3 Å². The molecule has 1 aliphatic rings. The molecule has 0 spiro atoms. The van der Waals surface area contributed by atoms with Gasteiger partial charge in [-0.15, -0.1) is 10.2 Å². The van der Waals surface area contributed by atoms with Crippen molar-refractivity contribution in [1.82, 2.24) is 19.9 Å². The highest BCUT2D eigenvalue weighted by atomic mass is 32.2. The fraction of sp³-hybridized carbons (Fsp3) is 0.167. The van der Waals surface area contributed by atoms with Crippen molar-refractivity contribution >= 4 is 23.6 Å². The number of imide groups is 1. The number of thioether (sulfide) groups is 1. The number of nitrogens with zero attached hydrogens (tertiary/aromatic N) is 5. The van der Waals surface area contributed by atoms with Gasteiger partial charge in [0, 0.05) is 18.0 Å². The first-order valence-electron chi connectivity index (χ1n) is 8.17. The number of hydrogen-bond donors (Lipinski definition) is 0. The number of amides is 2. The minimum absolute atomic E-state index is 0.0734. The van der Waals surface area contributed by atoms with Crippen LogP contribution >= 0.6 is 11.8 Å². The molecule has 3 aromatic rings. The van der Waals surface area contributed by atoms with Gasteiger partial charge in [0.1, 0.15) is 12.4 Å². The Labute approximate surface area is 159 Å². The summed E-state index contributed by atoms with van der Waals surface area (Å²) in [5, 5.41) is 9.72. The van der Waals surface area contributed by atoms with Gasteiger partial charge in [-0.3, -0.25) is 14.6 Å². The van der Waals surface area contributed by atoms with Crippen molar-refractivity contribution in [2.24, 2.45) is 0 Å². The summed E-state index contributed by atoms with van der Waals surface area (Å²) in [4.78, 5) is 29.3. The molecule has 0 bridgehead atoms. The lowest BCUT2D eigenvalue weighted by molar-refractivity contribution is -0.117. The number of rotatable bonds is 4. The summed E-state index contributed by atoms with van der Waals surface area (Å²) >= 11 is 1.24. The van der Waals surface area contributed by atoms with Crippen molar-refractivity contribution in [3.63, 3.8) is 0 Å². The fourth-order valence-electron chi connectivity index (χ4n) is 2.58. The zero-order chi connectivity index (χ0) is 18.8. The molecule has 0 N–H and O–H groups in total. The lowest BCUT2D eigenvalue weighted by Crippen LogP contribution is -2.49. The number of hydrogen-bond acceptors (Lipinski definition) is 7. The molecular weight excluding hydrogens is 366 g/mol. The van der Waals surface area contributed by atoms with Crippen LogP contribution in [0.3, 0.4) is 0 Å². The predicted molar refractivity (Wildman–Crippen MR) is 98.0 cm³/mol. The lowest BCUT2D eigenvalue weighted by Gasteiger charge is -2.27. The van der Waals surface area contributed by atoms with E-state index in [0.717, 1.165) is 10.6 Å². The van der Waals surface area contributed by atoms with Crippen LogP contribution in [-0.2, 0) is 11.4 Å². The average molecular weight is 381 g/mol. The van der Waals surface area contributed by atoms with Gasteiger partial charge in [-0.2, -0.15) is 9.69 Å². The standard InChI is InChI=1S/C18H15N5O3S/c1-12-2-4-14(5-3-12)26-10-15-20-21-18-22(15)23(16(24)11-27-18)17(25)13-6-8-19-9-7-13/h2-9H,10-11H2,1H3. The zero-order valence-electron chi connectivity index (χ0n) is 14.4. The third-order valence-electron chi connectivity index (χ3n) is 3.95. The second-order valence-electron chi connectivity index (χ2n) is 5.85. The summed E-state index contributed by atoms with van der Waals surface area (Å²) in [5.41, 5.74) is 1.48. The van der Waals surface area contributed by atoms with Crippen molar-refractivity contribution in [1.29, 1.82) is 0 Å².